The Hall–Kier alpha value is -2.09. The summed E-state index contributed by atoms with van der Waals surface area (Å²) in [5.41, 5.74) is 6.63. The van der Waals surface area contributed by atoms with E-state index in [9.17, 15) is 13.2 Å². The lowest BCUT2D eigenvalue weighted by atomic mass is 9.95. The molecule has 2 aliphatic carbocycles. The molecular weight excluding hydrogens is 415 g/mol. The number of hydrogen-bond donors (Lipinski definition) is 1. The molecule has 0 unspecified atom stereocenters. The Bertz CT molecular complexity index is 978. The van der Waals surface area contributed by atoms with Crippen LogP contribution in [0, 0.1) is 17.8 Å². The van der Waals surface area contributed by atoms with Gasteiger partial charge in [0.2, 0.25) is 0 Å². The molecule has 2 aromatic rings. The molecule has 2 saturated carbocycles. The van der Waals surface area contributed by atoms with E-state index in [4.69, 9.17) is 10.8 Å². The molecule has 0 spiro atoms. The molecule has 1 aliphatic heterocycles. The van der Waals surface area contributed by atoms with Gasteiger partial charge in [-0.05, 0) is 82.5 Å². The number of likely N-dealkylation sites (tertiary alicyclic amines) is 1. The van der Waals surface area contributed by atoms with Gasteiger partial charge in [0.15, 0.2) is 0 Å². The molecule has 3 fully saturated rings. The fraction of sp³-hybridized carbons (Fsp3) is 0.667. The van der Waals surface area contributed by atoms with Crippen LogP contribution < -0.4 is 5.73 Å². The smallest absolute Gasteiger partial charge is 0.383 e. The molecular formula is C24H32F3N5. The van der Waals surface area contributed by atoms with Gasteiger partial charge in [-0.1, -0.05) is 6.92 Å². The van der Waals surface area contributed by atoms with Gasteiger partial charge in [0, 0.05) is 35.5 Å². The molecule has 0 amide bonds. The maximum atomic E-state index is 13.3. The molecule has 2 N–H and O–H groups in total. The first-order valence-electron chi connectivity index (χ1n) is 11.8. The van der Waals surface area contributed by atoms with Crippen molar-refractivity contribution < 1.29 is 13.2 Å². The minimum Gasteiger partial charge on any atom is -0.383 e. The summed E-state index contributed by atoms with van der Waals surface area (Å²) in [4.78, 5) is 6.48. The molecule has 3 heterocycles. The van der Waals surface area contributed by atoms with Gasteiger partial charge in [-0.3, -0.25) is 4.68 Å². The molecule has 32 heavy (non-hydrogen) atoms. The number of aromatic nitrogens is 3. The summed E-state index contributed by atoms with van der Waals surface area (Å²) in [7, 11) is 0. The topological polar surface area (TPSA) is 60.0 Å². The Kier molecular flexibility index (Phi) is 5.26. The van der Waals surface area contributed by atoms with Crippen molar-refractivity contribution in [1.29, 1.82) is 0 Å². The Morgan fingerprint density at radius 3 is 2.34 bits per heavy atom. The number of nitrogen functional groups attached to an aromatic ring is 1. The third-order valence-electron chi connectivity index (χ3n) is 7.87. The van der Waals surface area contributed by atoms with Crippen LogP contribution >= 0.6 is 0 Å². The average Bonchev–Trinajstić information content (AvgIpc) is 3.08. The number of pyridine rings is 1. The first-order valence-corrected chi connectivity index (χ1v) is 11.8. The number of fused-ring (bicyclic) bond motifs is 1. The zero-order valence-corrected chi connectivity index (χ0v) is 18.9. The van der Waals surface area contributed by atoms with Crippen molar-refractivity contribution in [1.82, 2.24) is 19.7 Å². The first kappa shape index (κ1) is 21.7. The van der Waals surface area contributed by atoms with Crippen molar-refractivity contribution in [2.75, 3.05) is 18.8 Å². The van der Waals surface area contributed by atoms with Gasteiger partial charge < -0.3 is 10.6 Å². The Morgan fingerprint density at radius 2 is 1.75 bits per heavy atom. The van der Waals surface area contributed by atoms with Crippen molar-refractivity contribution in [2.24, 2.45) is 17.8 Å². The number of nitrogens with zero attached hydrogens (tertiary/aromatic N) is 4. The molecule has 5 rings (SSSR count). The minimum atomic E-state index is -4.54. The number of alkyl halides is 3. The Labute approximate surface area is 187 Å². The SMILES string of the molecule is CC1CCN([C@H]2C[C@@H]3[C@H](C2)[C@H]3c2cc(-c3cnc(N)c(C(F)(F)F)c3)nn2C(C)C)CC1. The summed E-state index contributed by atoms with van der Waals surface area (Å²) in [5.74, 6) is 2.13. The van der Waals surface area contributed by atoms with Crippen molar-refractivity contribution in [3.63, 3.8) is 0 Å². The first-order chi connectivity index (χ1) is 15.1. The third kappa shape index (κ3) is 3.80. The highest BCUT2D eigenvalue weighted by molar-refractivity contribution is 5.63. The standard InChI is InChI=1S/C24H32F3N5/c1-13(2)32-21(11-20(30-32)15-8-19(24(25,26)27)23(28)29-12-15)22-17-9-16(10-18(17)22)31-6-4-14(3)5-7-31/h8,11-14,16-18,22H,4-7,9-10H2,1-3H3,(H2,28,29)/t16-,17+,18-,22-. The molecule has 2 aromatic heterocycles. The number of hydrogen-bond acceptors (Lipinski definition) is 4. The summed E-state index contributed by atoms with van der Waals surface area (Å²) in [6.07, 6.45) is 1.91. The van der Waals surface area contributed by atoms with Crippen LogP contribution in [0.3, 0.4) is 0 Å². The van der Waals surface area contributed by atoms with Gasteiger partial charge in [-0.25, -0.2) is 4.98 Å². The molecule has 174 valence electrons. The number of anilines is 1. The van der Waals surface area contributed by atoms with Crippen LogP contribution in [0.4, 0.5) is 19.0 Å². The van der Waals surface area contributed by atoms with Crippen LogP contribution in [0.5, 0.6) is 0 Å². The van der Waals surface area contributed by atoms with Gasteiger partial charge in [-0.2, -0.15) is 18.3 Å². The lowest BCUT2D eigenvalue weighted by Crippen LogP contribution is -2.40. The summed E-state index contributed by atoms with van der Waals surface area (Å²) < 4.78 is 41.9. The van der Waals surface area contributed by atoms with Crippen LogP contribution in [0.2, 0.25) is 0 Å². The second-order valence-electron chi connectivity index (χ2n) is 10.3. The highest BCUT2D eigenvalue weighted by Crippen LogP contribution is 2.64. The molecule has 1 saturated heterocycles. The number of nitrogens with two attached hydrogens (primary N) is 1. The van der Waals surface area contributed by atoms with E-state index in [-0.39, 0.29) is 6.04 Å². The van der Waals surface area contributed by atoms with Crippen molar-refractivity contribution >= 4 is 5.82 Å². The Morgan fingerprint density at radius 1 is 1.09 bits per heavy atom. The van der Waals surface area contributed by atoms with Gasteiger partial charge in [0.25, 0.3) is 0 Å². The van der Waals surface area contributed by atoms with Crippen LogP contribution in [-0.4, -0.2) is 38.8 Å². The zero-order chi connectivity index (χ0) is 22.8. The Balaban J connectivity index is 1.36. The van der Waals surface area contributed by atoms with Gasteiger partial charge >= 0.3 is 6.18 Å². The van der Waals surface area contributed by atoms with E-state index in [1.165, 1.54) is 45.0 Å². The number of piperidine rings is 1. The molecule has 0 aromatic carbocycles. The van der Waals surface area contributed by atoms with E-state index >= 15 is 0 Å². The van der Waals surface area contributed by atoms with E-state index < -0.39 is 17.6 Å². The van der Waals surface area contributed by atoms with Crippen LogP contribution in [0.1, 0.15) is 69.7 Å². The van der Waals surface area contributed by atoms with Crippen LogP contribution in [-0.2, 0) is 6.18 Å². The summed E-state index contributed by atoms with van der Waals surface area (Å²) in [6.45, 7) is 8.92. The van der Waals surface area contributed by atoms with Gasteiger partial charge in [0.05, 0.1) is 11.3 Å². The molecule has 5 nitrogen and oxygen atoms in total. The minimum absolute atomic E-state index is 0.142. The molecule has 8 heteroatoms. The van der Waals surface area contributed by atoms with Crippen LogP contribution in [0.25, 0.3) is 11.3 Å². The predicted octanol–water partition coefficient (Wildman–Crippen LogP) is 5.35. The maximum Gasteiger partial charge on any atom is 0.419 e. The fourth-order valence-electron chi connectivity index (χ4n) is 6.00. The van der Waals surface area contributed by atoms with Gasteiger partial charge in [-0.15, -0.1) is 0 Å². The predicted molar refractivity (Wildman–Crippen MR) is 118 cm³/mol. The number of rotatable bonds is 4. The third-order valence-corrected chi connectivity index (χ3v) is 7.87. The van der Waals surface area contributed by atoms with E-state index in [1.54, 1.807) is 0 Å². The highest BCUT2D eigenvalue weighted by atomic mass is 19.4. The largest absolute Gasteiger partial charge is 0.419 e. The lowest BCUT2D eigenvalue weighted by molar-refractivity contribution is -0.137. The van der Waals surface area contributed by atoms with Crippen LogP contribution in [0.15, 0.2) is 18.3 Å². The van der Waals surface area contributed by atoms with Crippen molar-refractivity contribution in [2.45, 2.75) is 70.6 Å². The second-order valence-corrected chi connectivity index (χ2v) is 10.3. The highest BCUT2D eigenvalue weighted by Gasteiger charge is 2.58. The average molecular weight is 448 g/mol. The van der Waals surface area contributed by atoms with E-state index in [0.717, 1.165) is 17.7 Å². The fourth-order valence-corrected chi connectivity index (χ4v) is 6.00. The van der Waals surface area contributed by atoms with Gasteiger partial charge in [0.1, 0.15) is 5.82 Å². The quantitative estimate of drug-likeness (QED) is 0.686. The maximum absolute atomic E-state index is 13.3. The van der Waals surface area contributed by atoms with E-state index in [0.29, 0.717) is 35.1 Å². The summed E-state index contributed by atoms with van der Waals surface area (Å²) >= 11 is 0. The van der Waals surface area contributed by atoms with E-state index in [2.05, 4.69) is 30.7 Å². The molecule has 0 bridgehead atoms. The normalized spacial score (nSPS) is 29.0. The zero-order valence-electron chi connectivity index (χ0n) is 18.9. The number of halogens is 3. The molecule has 0 radical (unpaired) electrons. The molecule has 4 atom stereocenters. The summed E-state index contributed by atoms with van der Waals surface area (Å²) in [6, 6.07) is 3.89. The lowest BCUT2D eigenvalue weighted by Gasteiger charge is -2.36. The van der Waals surface area contributed by atoms with E-state index in [1.807, 2.05) is 10.7 Å². The summed E-state index contributed by atoms with van der Waals surface area (Å²) in [5, 5.41) is 4.70. The van der Waals surface area contributed by atoms with Crippen molar-refractivity contribution in [3.8, 4) is 11.3 Å². The van der Waals surface area contributed by atoms with Crippen molar-refractivity contribution in [3.05, 3.63) is 29.6 Å². The monoisotopic (exact) mass is 447 g/mol. The second kappa shape index (κ2) is 7.75. The molecule has 3 aliphatic rings.